The number of unbranched alkanes of at least 4 members (excludes halogenated alkanes) is 2. The monoisotopic (exact) mass is 448 g/mol. The van der Waals surface area contributed by atoms with Gasteiger partial charge in [-0.05, 0) is 48.1 Å². The molecule has 2 aromatic carbocycles. The van der Waals surface area contributed by atoms with Gasteiger partial charge in [0.2, 0.25) is 0 Å². The van der Waals surface area contributed by atoms with Gasteiger partial charge in [-0.3, -0.25) is 4.79 Å². The molecule has 0 spiro atoms. The van der Waals surface area contributed by atoms with Crippen LogP contribution in [0.2, 0.25) is 0 Å². The molecular weight excluding hydrogens is 421 g/mol. The van der Waals surface area contributed by atoms with E-state index in [1.807, 2.05) is 18.2 Å². The molecule has 0 radical (unpaired) electrons. The lowest BCUT2D eigenvalue weighted by atomic mass is 9.97. The smallest absolute Gasteiger partial charge is 0.416 e. The lowest BCUT2D eigenvalue weighted by Crippen LogP contribution is -2.39. The first kappa shape index (κ1) is 23.8. The zero-order valence-corrected chi connectivity index (χ0v) is 17.7. The van der Waals surface area contributed by atoms with E-state index in [0.717, 1.165) is 30.0 Å². The van der Waals surface area contributed by atoms with Gasteiger partial charge in [-0.15, -0.1) is 0 Å². The highest BCUT2D eigenvalue weighted by Crippen LogP contribution is 2.41. The summed E-state index contributed by atoms with van der Waals surface area (Å²) in [5.74, 6) is 0.178. The van der Waals surface area contributed by atoms with Crippen molar-refractivity contribution in [3.05, 3.63) is 64.7 Å². The minimum Gasteiger partial charge on any atom is -0.493 e. The Morgan fingerprint density at radius 1 is 1.03 bits per heavy atom. The number of halogens is 3. The van der Waals surface area contributed by atoms with Crippen molar-refractivity contribution in [2.45, 2.75) is 37.9 Å². The van der Waals surface area contributed by atoms with Crippen molar-refractivity contribution < 1.29 is 27.4 Å². The van der Waals surface area contributed by atoms with Gasteiger partial charge in [0.05, 0.1) is 18.8 Å². The number of alkyl halides is 3. The van der Waals surface area contributed by atoms with Crippen LogP contribution in [0.3, 0.4) is 0 Å². The average molecular weight is 448 g/mol. The number of fused-ring (bicyclic) bond motifs is 1. The Morgan fingerprint density at radius 2 is 1.78 bits per heavy atom. The Hall–Kier alpha value is -2.84. The highest BCUT2D eigenvalue weighted by Gasteiger charge is 2.34. The van der Waals surface area contributed by atoms with Gasteiger partial charge in [-0.25, -0.2) is 0 Å². The van der Waals surface area contributed by atoms with Crippen LogP contribution in [-0.2, 0) is 22.1 Å². The quantitative estimate of drug-likeness (QED) is 0.421. The summed E-state index contributed by atoms with van der Waals surface area (Å²) in [5.41, 5.74) is 12.8. The highest BCUT2D eigenvalue weighted by atomic mass is 19.4. The van der Waals surface area contributed by atoms with Crippen molar-refractivity contribution >= 4 is 17.6 Å². The maximum absolute atomic E-state index is 13.4. The number of allylic oxidation sites excluding steroid dienone is 1. The molecule has 0 aliphatic heterocycles. The molecule has 0 heterocycles. The van der Waals surface area contributed by atoms with E-state index in [2.05, 4.69) is 0 Å². The summed E-state index contributed by atoms with van der Waals surface area (Å²) in [6, 6.07) is 10.4. The molecule has 5 nitrogen and oxygen atoms in total. The molecular formula is C24H27F3N2O3. The SMILES string of the molecule is NCC(N)C(=O)OCCCCCOc1cccc2c1CC(c1ccccc1C(F)(F)F)=C2. The summed E-state index contributed by atoms with van der Waals surface area (Å²) in [6.07, 6.45) is 0.00155. The van der Waals surface area contributed by atoms with Gasteiger partial charge in [0, 0.05) is 18.5 Å². The van der Waals surface area contributed by atoms with Gasteiger partial charge in [-0.1, -0.05) is 36.4 Å². The lowest BCUT2D eigenvalue weighted by Gasteiger charge is -2.14. The van der Waals surface area contributed by atoms with Crippen LogP contribution in [0.4, 0.5) is 13.2 Å². The largest absolute Gasteiger partial charge is 0.493 e. The van der Waals surface area contributed by atoms with Crippen LogP contribution in [0, 0.1) is 0 Å². The fraction of sp³-hybridized carbons (Fsp3) is 0.375. The van der Waals surface area contributed by atoms with Crippen LogP contribution in [0.25, 0.3) is 11.6 Å². The third-order valence-corrected chi connectivity index (χ3v) is 5.29. The van der Waals surface area contributed by atoms with Crippen LogP contribution in [0.15, 0.2) is 42.5 Å². The average Bonchev–Trinajstić information content (AvgIpc) is 3.22. The summed E-state index contributed by atoms with van der Waals surface area (Å²) >= 11 is 0. The van der Waals surface area contributed by atoms with Gasteiger partial charge in [0.25, 0.3) is 0 Å². The second-order valence-electron chi connectivity index (χ2n) is 7.63. The Kier molecular flexibility index (Phi) is 7.93. The molecule has 0 aromatic heterocycles. The third kappa shape index (κ3) is 5.89. The molecule has 2 aromatic rings. The van der Waals surface area contributed by atoms with Crippen molar-refractivity contribution in [2.75, 3.05) is 19.8 Å². The van der Waals surface area contributed by atoms with Gasteiger partial charge in [0.15, 0.2) is 0 Å². The van der Waals surface area contributed by atoms with E-state index in [-0.39, 0.29) is 18.7 Å². The molecule has 1 aliphatic carbocycles. The molecule has 0 fully saturated rings. The van der Waals surface area contributed by atoms with Crippen molar-refractivity contribution in [3.8, 4) is 5.75 Å². The maximum Gasteiger partial charge on any atom is 0.416 e. The van der Waals surface area contributed by atoms with E-state index in [1.165, 1.54) is 12.1 Å². The van der Waals surface area contributed by atoms with E-state index in [9.17, 15) is 18.0 Å². The second kappa shape index (κ2) is 10.7. The molecule has 0 saturated carbocycles. The van der Waals surface area contributed by atoms with Crippen LogP contribution in [-0.4, -0.2) is 31.8 Å². The number of rotatable bonds is 10. The Morgan fingerprint density at radius 3 is 2.53 bits per heavy atom. The molecule has 1 unspecified atom stereocenters. The number of esters is 1. The molecule has 1 aliphatic rings. The first-order valence-corrected chi connectivity index (χ1v) is 10.6. The normalized spacial score (nSPS) is 14.0. The number of carbonyl (C=O) groups excluding carboxylic acids is 1. The van der Waals surface area contributed by atoms with Crippen LogP contribution >= 0.6 is 0 Å². The summed E-state index contributed by atoms with van der Waals surface area (Å²) in [7, 11) is 0. The van der Waals surface area contributed by atoms with Crippen molar-refractivity contribution in [3.63, 3.8) is 0 Å². The lowest BCUT2D eigenvalue weighted by molar-refractivity contribution is -0.145. The van der Waals surface area contributed by atoms with Crippen molar-refractivity contribution in [1.82, 2.24) is 0 Å². The number of benzene rings is 2. The van der Waals surface area contributed by atoms with Crippen molar-refractivity contribution in [2.24, 2.45) is 11.5 Å². The first-order chi connectivity index (χ1) is 15.3. The number of hydrogen-bond acceptors (Lipinski definition) is 5. The molecule has 3 rings (SSSR count). The van der Waals surface area contributed by atoms with Crippen LogP contribution in [0.5, 0.6) is 5.75 Å². The molecule has 0 amide bonds. The first-order valence-electron chi connectivity index (χ1n) is 10.6. The fourth-order valence-corrected chi connectivity index (χ4v) is 3.59. The predicted molar refractivity (Wildman–Crippen MR) is 117 cm³/mol. The van der Waals surface area contributed by atoms with Crippen LogP contribution < -0.4 is 16.2 Å². The summed E-state index contributed by atoms with van der Waals surface area (Å²) in [6.45, 7) is 0.785. The topological polar surface area (TPSA) is 87.6 Å². The predicted octanol–water partition coefficient (Wildman–Crippen LogP) is 4.18. The number of carbonyl (C=O) groups is 1. The molecule has 8 heteroatoms. The van der Waals surface area contributed by atoms with Gasteiger partial charge < -0.3 is 20.9 Å². The number of nitrogens with two attached hydrogens (primary N) is 2. The van der Waals surface area contributed by atoms with E-state index in [1.54, 1.807) is 12.1 Å². The Bertz CT molecular complexity index is 973. The fourth-order valence-electron chi connectivity index (χ4n) is 3.59. The molecule has 0 saturated heterocycles. The number of hydrogen-bond donors (Lipinski definition) is 2. The van der Waals surface area contributed by atoms with Gasteiger partial charge in [-0.2, -0.15) is 13.2 Å². The third-order valence-electron chi connectivity index (χ3n) is 5.29. The van der Waals surface area contributed by atoms with Crippen LogP contribution in [0.1, 0.15) is 41.5 Å². The van der Waals surface area contributed by atoms with Gasteiger partial charge >= 0.3 is 12.1 Å². The summed E-state index contributed by atoms with van der Waals surface area (Å²) < 4.78 is 51.2. The zero-order valence-electron chi connectivity index (χ0n) is 17.7. The van der Waals surface area contributed by atoms with E-state index >= 15 is 0 Å². The summed E-state index contributed by atoms with van der Waals surface area (Å²) in [5, 5.41) is 0. The zero-order chi connectivity index (χ0) is 23.1. The molecule has 172 valence electrons. The van der Waals surface area contributed by atoms with Gasteiger partial charge in [0.1, 0.15) is 11.8 Å². The minimum atomic E-state index is -4.41. The molecule has 4 N–H and O–H groups in total. The molecule has 1 atom stereocenters. The second-order valence-corrected chi connectivity index (χ2v) is 7.63. The summed E-state index contributed by atoms with van der Waals surface area (Å²) in [4.78, 5) is 11.4. The van der Waals surface area contributed by atoms with E-state index in [4.69, 9.17) is 20.9 Å². The van der Waals surface area contributed by atoms with E-state index < -0.39 is 23.8 Å². The number of ether oxygens (including phenoxy) is 2. The Balaban J connectivity index is 1.52. The standard InChI is InChI=1S/C24H27F3N2O3/c25-24(26,27)20-9-3-2-8-18(20)17-13-16-7-6-10-22(19(16)14-17)31-11-4-1-5-12-32-23(30)21(29)15-28/h2-3,6-10,13,21H,1,4-5,11-12,14-15,28-29H2. The van der Waals surface area contributed by atoms with Crippen molar-refractivity contribution in [1.29, 1.82) is 0 Å². The maximum atomic E-state index is 13.4. The minimum absolute atomic E-state index is 0.0480. The molecule has 0 bridgehead atoms. The molecule has 32 heavy (non-hydrogen) atoms. The van der Waals surface area contributed by atoms with E-state index in [0.29, 0.717) is 30.8 Å². The highest BCUT2D eigenvalue weighted by molar-refractivity contribution is 5.90. The Labute approximate surface area is 185 Å².